The summed E-state index contributed by atoms with van der Waals surface area (Å²) in [4.78, 5) is 10.8. The lowest BCUT2D eigenvalue weighted by atomic mass is 10.3. The number of tetrazole rings is 1. The van der Waals surface area contributed by atoms with E-state index >= 15 is 0 Å². The van der Waals surface area contributed by atoms with Crippen molar-refractivity contribution < 1.29 is 17.9 Å². The summed E-state index contributed by atoms with van der Waals surface area (Å²) in [7, 11) is -2.23. The molecule has 1 aromatic rings. The number of carbonyl (C=O) groups is 1. The lowest BCUT2D eigenvalue weighted by Crippen LogP contribution is -2.30. The summed E-state index contributed by atoms with van der Waals surface area (Å²) in [6.45, 7) is 1.60. The molecule has 1 unspecified atom stereocenters. The van der Waals surface area contributed by atoms with Gasteiger partial charge in [0.15, 0.2) is 5.82 Å². The summed E-state index contributed by atoms with van der Waals surface area (Å²) in [6, 6.07) is -0.577. The van der Waals surface area contributed by atoms with Crippen LogP contribution in [0.2, 0.25) is 0 Å². The number of sulfonamides is 1. The van der Waals surface area contributed by atoms with Gasteiger partial charge < -0.3 is 4.74 Å². The van der Waals surface area contributed by atoms with Crippen LogP contribution in [0.25, 0.3) is 0 Å². The molecule has 0 spiro atoms. The van der Waals surface area contributed by atoms with E-state index in [1.54, 1.807) is 6.92 Å². The first-order valence-corrected chi connectivity index (χ1v) is 6.90. The highest BCUT2D eigenvalue weighted by Gasteiger charge is 2.18. The molecule has 0 saturated carbocycles. The van der Waals surface area contributed by atoms with Crippen LogP contribution in [-0.4, -0.2) is 47.9 Å². The second kappa shape index (κ2) is 6.40. The van der Waals surface area contributed by atoms with Gasteiger partial charge in [-0.3, -0.25) is 4.79 Å². The van der Waals surface area contributed by atoms with Gasteiger partial charge in [0.05, 0.1) is 18.9 Å². The number of aromatic amines is 1. The Morgan fingerprint density at radius 3 is 2.83 bits per heavy atom. The Hall–Kier alpha value is -1.55. The van der Waals surface area contributed by atoms with Crippen LogP contribution in [0.15, 0.2) is 0 Å². The summed E-state index contributed by atoms with van der Waals surface area (Å²) in [5, 5.41) is 12.9. The monoisotopic (exact) mass is 277 g/mol. The fraction of sp³-hybridized carbons (Fsp3) is 0.750. The topological polar surface area (TPSA) is 127 Å². The molecule has 10 heteroatoms. The number of H-pyrrole nitrogens is 1. The summed E-state index contributed by atoms with van der Waals surface area (Å²) in [6.07, 6.45) is 0.259. The normalized spacial score (nSPS) is 13.2. The van der Waals surface area contributed by atoms with Crippen LogP contribution in [0.3, 0.4) is 0 Å². The van der Waals surface area contributed by atoms with Gasteiger partial charge in [-0.2, -0.15) is 5.21 Å². The largest absolute Gasteiger partial charge is 0.469 e. The zero-order valence-electron chi connectivity index (χ0n) is 10.1. The van der Waals surface area contributed by atoms with Crippen molar-refractivity contribution in [2.45, 2.75) is 25.8 Å². The summed E-state index contributed by atoms with van der Waals surface area (Å²) >= 11 is 0. The van der Waals surface area contributed by atoms with E-state index < -0.39 is 22.0 Å². The number of nitrogens with one attached hydrogen (secondary N) is 2. The highest BCUT2D eigenvalue weighted by Crippen LogP contribution is 2.06. The van der Waals surface area contributed by atoms with E-state index in [9.17, 15) is 13.2 Å². The predicted octanol–water partition coefficient (Wildman–Crippen LogP) is -0.867. The first kappa shape index (κ1) is 14.5. The maximum Gasteiger partial charge on any atom is 0.305 e. The fourth-order valence-corrected chi connectivity index (χ4v) is 2.53. The third-order valence-corrected chi connectivity index (χ3v) is 3.67. The molecule has 0 fully saturated rings. The molecule has 1 atom stereocenters. The minimum atomic E-state index is -3.49. The van der Waals surface area contributed by atoms with E-state index in [4.69, 9.17) is 0 Å². The van der Waals surface area contributed by atoms with Gasteiger partial charge >= 0.3 is 5.97 Å². The standard InChI is InChI=1S/C8H15N5O4S/c1-6(8-9-12-13-10-8)11-18(15,16)5-3-4-7(14)17-2/h6,11H,3-5H2,1-2H3,(H,9,10,12,13). The van der Waals surface area contributed by atoms with E-state index in [1.165, 1.54) is 7.11 Å². The molecule has 18 heavy (non-hydrogen) atoms. The molecule has 1 rings (SSSR count). The minimum Gasteiger partial charge on any atom is -0.469 e. The summed E-state index contributed by atoms with van der Waals surface area (Å²) < 4.78 is 30.1. The van der Waals surface area contributed by atoms with Crippen molar-refractivity contribution in [2.24, 2.45) is 0 Å². The number of rotatable bonds is 7. The molecule has 1 heterocycles. The van der Waals surface area contributed by atoms with Crippen LogP contribution in [0.4, 0.5) is 0 Å². The number of methoxy groups -OCH3 is 1. The Morgan fingerprint density at radius 2 is 2.28 bits per heavy atom. The third-order valence-electron chi connectivity index (χ3n) is 2.13. The molecular weight excluding hydrogens is 262 g/mol. The van der Waals surface area contributed by atoms with Gasteiger partial charge in [0.2, 0.25) is 10.0 Å². The number of carbonyl (C=O) groups excluding carboxylic acids is 1. The summed E-state index contributed by atoms with van der Waals surface area (Å²) in [5.74, 6) is -0.340. The van der Waals surface area contributed by atoms with Gasteiger partial charge in [0.25, 0.3) is 0 Å². The average Bonchev–Trinajstić information content (AvgIpc) is 2.81. The zero-order valence-corrected chi connectivity index (χ0v) is 10.9. The minimum absolute atomic E-state index is 0.0635. The first-order valence-electron chi connectivity index (χ1n) is 5.25. The number of ether oxygens (including phenoxy) is 1. The lowest BCUT2D eigenvalue weighted by molar-refractivity contribution is -0.140. The van der Waals surface area contributed by atoms with E-state index in [0.29, 0.717) is 0 Å². The van der Waals surface area contributed by atoms with Crippen molar-refractivity contribution in [1.29, 1.82) is 0 Å². The Labute approximate surface area is 104 Å². The molecule has 1 aromatic heterocycles. The number of esters is 1. The maximum absolute atomic E-state index is 11.7. The Balaban J connectivity index is 2.42. The van der Waals surface area contributed by atoms with Crippen LogP contribution in [0.1, 0.15) is 31.6 Å². The molecule has 102 valence electrons. The van der Waals surface area contributed by atoms with Gasteiger partial charge in [-0.1, -0.05) is 5.21 Å². The Morgan fingerprint density at radius 1 is 1.56 bits per heavy atom. The molecule has 0 amide bonds. The van der Waals surface area contributed by atoms with Crippen molar-refractivity contribution in [1.82, 2.24) is 25.3 Å². The third kappa shape index (κ3) is 4.75. The van der Waals surface area contributed by atoms with E-state index in [1.807, 2.05) is 0 Å². The van der Waals surface area contributed by atoms with E-state index in [2.05, 4.69) is 30.1 Å². The van der Waals surface area contributed by atoms with E-state index in [0.717, 1.165) is 0 Å². The van der Waals surface area contributed by atoms with Crippen LogP contribution in [0.5, 0.6) is 0 Å². The molecule has 0 saturated heterocycles. The van der Waals surface area contributed by atoms with Crippen LogP contribution in [-0.2, 0) is 19.6 Å². The molecule has 9 nitrogen and oxygen atoms in total. The molecule has 0 radical (unpaired) electrons. The van der Waals surface area contributed by atoms with Crippen molar-refractivity contribution in [3.63, 3.8) is 0 Å². The number of nitrogens with zero attached hydrogens (tertiary/aromatic N) is 3. The van der Waals surface area contributed by atoms with Crippen molar-refractivity contribution in [3.8, 4) is 0 Å². The molecule has 0 aliphatic heterocycles. The average molecular weight is 277 g/mol. The number of hydrogen-bond donors (Lipinski definition) is 2. The van der Waals surface area contributed by atoms with Crippen LogP contribution < -0.4 is 4.72 Å². The second-order valence-electron chi connectivity index (χ2n) is 3.61. The fourth-order valence-electron chi connectivity index (χ4n) is 1.24. The first-order chi connectivity index (χ1) is 8.44. The number of hydrogen-bond acceptors (Lipinski definition) is 7. The highest BCUT2D eigenvalue weighted by atomic mass is 32.2. The zero-order chi connectivity index (χ0) is 13.6. The molecule has 0 aliphatic rings. The molecule has 0 aromatic carbocycles. The smallest absolute Gasteiger partial charge is 0.305 e. The molecule has 0 aliphatic carbocycles. The molecule has 2 N–H and O–H groups in total. The lowest BCUT2D eigenvalue weighted by Gasteiger charge is -2.10. The van der Waals surface area contributed by atoms with Crippen molar-refractivity contribution in [3.05, 3.63) is 5.82 Å². The van der Waals surface area contributed by atoms with Crippen LogP contribution >= 0.6 is 0 Å². The summed E-state index contributed by atoms with van der Waals surface area (Å²) in [5.41, 5.74) is 0. The predicted molar refractivity (Wildman–Crippen MR) is 60.8 cm³/mol. The van der Waals surface area contributed by atoms with Gasteiger partial charge in [-0.05, 0) is 13.3 Å². The van der Waals surface area contributed by atoms with E-state index in [-0.39, 0.29) is 24.4 Å². The SMILES string of the molecule is COC(=O)CCCS(=O)(=O)NC(C)c1nn[nH]n1. The molecule has 0 bridgehead atoms. The second-order valence-corrected chi connectivity index (χ2v) is 5.48. The quantitative estimate of drug-likeness (QED) is 0.620. The Bertz CT molecular complexity index is 472. The van der Waals surface area contributed by atoms with Gasteiger partial charge in [-0.15, -0.1) is 10.2 Å². The maximum atomic E-state index is 11.7. The highest BCUT2D eigenvalue weighted by molar-refractivity contribution is 7.89. The number of aromatic nitrogens is 4. The van der Waals surface area contributed by atoms with Crippen LogP contribution in [0, 0.1) is 0 Å². The van der Waals surface area contributed by atoms with Gasteiger partial charge in [0, 0.05) is 6.42 Å². The van der Waals surface area contributed by atoms with Gasteiger partial charge in [0.1, 0.15) is 0 Å². The van der Waals surface area contributed by atoms with Crippen molar-refractivity contribution >= 4 is 16.0 Å². The Kier molecular flexibility index (Phi) is 5.16. The van der Waals surface area contributed by atoms with Crippen molar-refractivity contribution in [2.75, 3.05) is 12.9 Å². The van der Waals surface area contributed by atoms with Gasteiger partial charge in [-0.25, -0.2) is 13.1 Å². The molecular formula is C8H15N5O4S.